The molecule has 1 heterocycles. The lowest BCUT2D eigenvalue weighted by molar-refractivity contribution is -0.133. The van der Waals surface area contributed by atoms with Crippen molar-refractivity contribution in [1.82, 2.24) is 10.2 Å². The molecule has 0 saturated carbocycles. The van der Waals surface area contributed by atoms with Crippen LogP contribution in [0, 0.1) is 12.7 Å². The standard InChI is InChI=1S/C18H26FN3O2/c1-13-3-4-14(17(19)9-13)10-18(23)22-7-5-16(6-8-22)24-12-15(11-20)21-2/h3-4,9,11,16,21H,5-8,10,12,20H2,1-2H3/b15-11-. The van der Waals surface area contributed by atoms with E-state index in [1.807, 2.05) is 13.0 Å². The van der Waals surface area contributed by atoms with Crippen molar-refractivity contribution in [3.8, 4) is 0 Å². The van der Waals surface area contributed by atoms with Gasteiger partial charge in [0.15, 0.2) is 0 Å². The minimum absolute atomic E-state index is 0.0334. The van der Waals surface area contributed by atoms with Crippen LogP contribution < -0.4 is 11.1 Å². The summed E-state index contributed by atoms with van der Waals surface area (Å²) in [4.78, 5) is 14.1. The first kappa shape index (κ1) is 18.3. The van der Waals surface area contributed by atoms with Gasteiger partial charge in [0.05, 0.1) is 24.8 Å². The Bertz CT molecular complexity index is 596. The van der Waals surface area contributed by atoms with Crippen molar-refractivity contribution in [1.29, 1.82) is 0 Å². The van der Waals surface area contributed by atoms with Crippen molar-refractivity contribution in [3.05, 3.63) is 47.0 Å². The van der Waals surface area contributed by atoms with Crippen molar-refractivity contribution in [3.63, 3.8) is 0 Å². The number of rotatable bonds is 6. The fraction of sp³-hybridized carbons (Fsp3) is 0.500. The van der Waals surface area contributed by atoms with Gasteiger partial charge in [-0.05, 0) is 37.0 Å². The largest absolute Gasteiger partial charge is 0.403 e. The summed E-state index contributed by atoms with van der Waals surface area (Å²) < 4.78 is 19.7. The molecule has 2 rings (SSSR count). The molecule has 24 heavy (non-hydrogen) atoms. The van der Waals surface area contributed by atoms with Crippen molar-refractivity contribution < 1.29 is 13.9 Å². The van der Waals surface area contributed by atoms with Crippen LogP contribution in [0.2, 0.25) is 0 Å². The smallest absolute Gasteiger partial charge is 0.227 e. The molecule has 1 aromatic carbocycles. The lowest BCUT2D eigenvalue weighted by Gasteiger charge is -2.32. The number of benzene rings is 1. The van der Waals surface area contributed by atoms with Gasteiger partial charge in [-0.1, -0.05) is 12.1 Å². The van der Waals surface area contributed by atoms with Crippen LogP contribution in [0.15, 0.2) is 30.1 Å². The zero-order valence-electron chi connectivity index (χ0n) is 14.3. The number of aryl methyl sites for hydroxylation is 1. The summed E-state index contributed by atoms with van der Waals surface area (Å²) in [6, 6.07) is 4.99. The van der Waals surface area contributed by atoms with Gasteiger partial charge in [-0.25, -0.2) is 4.39 Å². The zero-order valence-corrected chi connectivity index (χ0v) is 14.3. The summed E-state index contributed by atoms with van der Waals surface area (Å²) in [5, 5.41) is 2.97. The number of likely N-dealkylation sites (N-methyl/N-ethyl adjacent to an activating group) is 1. The molecule has 6 heteroatoms. The van der Waals surface area contributed by atoms with E-state index in [0.29, 0.717) is 25.3 Å². The molecule has 0 aliphatic carbocycles. The van der Waals surface area contributed by atoms with Gasteiger partial charge < -0.3 is 20.7 Å². The fourth-order valence-corrected chi connectivity index (χ4v) is 2.75. The van der Waals surface area contributed by atoms with Crippen LogP contribution in [-0.2, 0) is 16.0 Å². The average molecular weight is 335 g/mol. The van der Waals surface area contributed by atoms with Gasteiger partial charge in [0.1, 0.15) is 5.82 Å². The van der Waals surface area contributed by atoms with E-state index in [4.69, 9.17) is 10.5 Å². The third-order valence-corrected chi connectivity index (χ3v) is 4.34. The van der Waals surface area contributed by atoms with E-state index in [1.54, 1.807) is 18.0 Å². The van der Waals surface area contributed by atoms with Crippen molar-refractivity contribution >= 4 is 5.91 Å². The van der Waals surface area contributed by atoms with E-state index in [1.165, 1.54) is 12.3 Å². The Morgan fingerprint density at radius 2 is 2.17 bits per heavy atom. The van der Waals surface area contributed by atoms with Gasteiger partial charge in [0.25, 0.3) is 0 Å². The molecule has 1 aromatic rings. The molecule has 1 fully saturated rings. The summed E-state index contributed by atoms with van der Waals surface area (Å²) in [7, 11) is 1.80. The third-order valence-electron chi connectivity index (χ3n) is 4.34. The number of nitrogens with one attached hydrogen (secondary N) is 1. The predicted octanol–water partition coefficient (Wildman–Crippen LogP) is 1.70. The average Bonchev–Trinajstić information content (AvgIpc) is 2.59. The highest BCUT2D eigenvalue weighted by Gasteiger charge is 2.24. The first-order valence-electron chi connectivity index (χ1n) is 8.26. The van der Waals surface area contributed by atoms with Crippen LogP contribution in [0.25, 0.3) is 0 Å². The number of halogens is 1. The monoisotopic (exact) mass is 335 g/mol. The minimum atomic E-state index is -0.310. The molecule has 1 aliphatic heterocycles. The number of hydrogen-bond acceptors (Lipinski definition) is 4. The SMILES string of the molecule is CN/C(=C\N)COC1CCN(C(=O)Cc2ccc(C)cc2F)CC1. The summed E-state index contributed by atoms with van der Waals surface area (Å²) in [6.45, 7) is 3.55. The highest BCUT2D eigenvalue weighted by molar-refractivity contribution is 5.79. The molecule has 1 saturated heterocycles. The molecule has 0 spiro atoms. The van der Waals surface area contributed by atoms with Gasteiger partial charge >= 0.3 is 0 Å². The third kappa shape index (κ3) is 4.96. The number of amides is 1. The minimum Gasteiger partial charge on any atom is -0.403 e. The number of likely N-dealkylation sites (tertiary alicyclic amines) is 1. The van der Waals surface area contributed by atoms with E-state index in [9.17, 15) is 9.18 Å². The number of ether oxygens (including phenoxy) is 1. The van der Waals surface area contributed by atoms with Crippen molar-refractivity contribution in [2.45, 2.75) is 32.3 Å². The summed E-state index contributed by atoms with van der Waals surface area (Å²) in [5.41, 5.74) is 7.61. The topological polar surface area (TPSA) is 67.6 Å². The summed E-state index contributed by atoms with van der Waals surface area (Å²) in [6.07, 6.45) is 3.29. The normalized spacial score (nSPS) is 16.3. The molecule has 0 radical (unpaired) electrons. The van der Waals surface area contributed by atoms with E-state index < -0.39 is 0 Å². The van der Waals surface area contributed by atoms with E-state index in [0.717, 1.165) is 24.1 Å². The maximum Gasteiger partial charge on any atom is 0.227 e. The molecule has 0 atom stereocenters. The maximum atomic E-state index is 13.9. The van der Waals surface area contributed by atoms with Crippen molar-refractivity contribution in [2.24, 2.45) is 5.73 Å². The van der Waals surface area contributed by atoms with E-state index in [2.05, 4.69) is 5.32 Å². The first-order chi connectivity index (χ1) is 11.5. The van der Waals surface area contributed by atoms with Gasteiger partial charge in [-0.3, -0.25) is 4.79 Å². The Balaban J connectivity index is 1.80. The molecule has 3 N–H and O–H groups in total. The van der Waals surface area contributed by atoms with Crippen LogP contribution >= 0.6 is 0 Å². The zero-order chi connectivity index (χ0) is 17.5. The number of nitrogens with zero attached hydrogens (tertiary/aromatic N) is 1. The Kier molecular flexibility index (Phi) is 6.61. The number of hydrogen-bond donors (Lipinski definition) is 2. The summed E-state index contributed by atoms with van der Waals surface area (Å²) in [5.74, 6) is -0.344. The molecule has 0 unspecified atom stereocenters. The lowest BCUT2D eigenvalue weighted by Crippen LogP contribution is -2.42. The van der Waals surface area contributed by atoms with E-state index >= 15 is 0 Å². The molecule has 0 aromatic heterocycles. The molecule has 5 nitrogen and oxygen atoms in total. The van der Waals surface area contributed by atoms with Crippen molar-refractivity contribution in [2.75, 3.05) is 26.7 Å². The van der Waals surface area contributed by atoms with Gasteiger partial charge in [-0.2, -0.15) is 0 Å². The fourth-order valence-electron chi connectivity index (χ4n) is 2.75. The number of nitrogens with two attached hydrogens (primary N) is 1. The van der Waals surface area contributed by atoms with Gasteiger partial charge in [0.2, 0.25) is 5.91 Å². The van der Waals surface area contributed by atoms with Crippen LogP contribution in [0.3, 0.4) is 0 Å². The Morgan fingerprint density at radius 1 is 1.46 bits per heavy atom. The second-order valence-electron chi connectivity index (χ2n) is 6.10. The highest BCUT2D eigenvalue weighted by Crippen LogP contribution is 2.17. The van der Waals surface area contributed by atoms with Gasteiger partial charge in [0, 0.05) is 26.3 Å². The molecular weight excluding hydrogens is 309 g/mol. The number of carbonyl (C=O) groups is 1. The van der Waals surface area contributed by atoms with Crippen LogP contribution in [-0.4, -0.2) is 43.7 Å². The second kappa shape index (κ2) is 8.68. The second-order valence-corrected chi connectivity index (χ2v) is 6.10. The molecular formula is C18H26FN3O2. The Labute approximate surface area is 142 Å². The molecule has 132 valence electrons. The highest BCUT2D eigenvalue weighted by atomic mass is 19.1. The first-order valence-corrected chi connectivity index (χ1v) is 8.26. The Hall–Kier alpha value is -2.08. The Morgan fingerprint density at radius 3 is 2.75 bits per heavy atom. The van der Waals surface area contributed by atoms with Crippen LogP contribution in [0.4, 0.5) is 4.39 Å². The summed E-state index contributed by atoms with van der Waals surface area (Å²) >= 11 is 0. The number of carbonyl (C=O) groups excluding carboxylic acids is 1. The van der Waals surface area contributed by atoms with Crippen LogP contribution in [0.5, 0.6) is 0 Å². The predicted molar refractivity (Wildman–Crippen MR) is 91.7 cm³/mol. The molecule has 0 bridgehead atoms. The van der Waals surface area contributed by atoms with E-state index in [-0.39, 0.29) is 24.2 Å². The lowest BCUT2D eigenvalue weighted by atomic mass is 10.0. The molecule has 1 aliphatic rings. The maximum absolute atomic E-state index is 13.9. The number of piperidine rings is 1. The quantitative estimate of drug-likeness (QED) is 0.830. The van der Waals surface area contributed by atoms with Crippen LogP contribution in [0.1, 0.15) is 24.0 Å². The van der Waals surface area contributed by atoms with Gasteiger partial charge in [-0.15, -0.1) is 0 Å². The molecule has 1 amide bonds.